The van der Waals surface area contributed by atoms with Crippen LogP contribution in [0.5, 0.6) is 11.5 Å². The molecule has 0 saturated carbocycles. The maximum absolute atomic E-state index is 10.9. The highest BCUT2D eigenvalue weighted by molar-refractivity contribution is 6.21. The summed E-state index contributed by atoms with van der Waals surface area (Å²) >= 11 is 0. The lowest BCUT2D eigenvalue weighted by atomic mass is 10.1. The Hall–Kier alpha value is -3.40. The molecule has 4 rings (SSSR count). The summed E-state index contributed by atoms with van der Waals surface area (Å²) in [5.74, 6) is 1.14. The number of fused-ring (bicyclic) bond motifs is 1. The molecule has 4 nitrogen and oxygen atoms in total. The van der Waals surface area contributed by atoms with E-state index in [4.69, 9.17) is 4.74 Å². The van der Waals surface area contributed by atoms with Crippen LogP contribution in [0.4, 0.5) is 0 Å². The summed E-state index contributed by atoms with van der Waals surface area (Å²) in [5.41, 5.74) is 0.940. The fourth-order valence-corrected chi connectivity index (χ4v) is 2.23. The van der Waals surface area contributed by atoms with E-state index >= 15 is 0 Å². The van der Waals surface area contributed by atoms with Crippen molar-refractivity contribution in [3.8, 4) is 11.5 Å². The molecule has 1 aliphatic heterocycles. The second-order valence-electron chi connectivity index (χ2n) is 5.06. The van der Waals surface area contributed by atoms with E-state index < -0.39 is 0 Å². The van der Waals surface area contributed by atoms with Gasteiger partial charge in [0.25, 0.3) is 11.8 Å². The highest BCUT2D eigenvalue weighted by Crippen LogP contribution is 2.19. The van der Waals surface area contributed by atoms with Gasteiger partial charge < -0.3 is 4.74 Å². The number of ether oxygens (including phenoxy) is 1. The SMILES string of the molecule is O=C1NC(=O)c2ccccc21.c1ccc(Oc2ccccc2)cc1. The van der Waals surface area contributed by atoms with Crippen molar-refractivity contribution in [3.05, 3.63) is 96.1 Å². The molecule has 0 aliphatic carbocycles. The number of imide groups is 1. The van der Waals surface area contributed by atoms with Crippen LogP contribution in [0.2, 0.25) is 0 Å². The van der Waals surface area contributed by atoms with Gasteiger partial charge in [-0.3, -0.25) is 14.9 Å². The number of rotatable bonds is 2. The molecule has 3 aromatic rings. The van der Waals surface area contributed by atoms with Crippen LogP contribution in [0.3, 0.4) is 0 Å². The molecule has 1 N–H and O–H groups in total. The summed E-state index contributed by atoms with van der Waals surface area (Å²) in [6.07, 6.45) is 0. The summed E-state index contributed by atoms with van der Waals surface area (Å²) in [4.78, 5) is 21.9. The number of hydrogen-bond donors (Lipinski definition) is 1. The van der Waals surface area contributed by atoms with Crippen LogP contribution >= 0.6 is 0 Å². The summed E-state index contributed by atoms with van der Waals surface area (Å²) in [7, 11) is 0. The molecule has 0 radical (unpaired) electrons. The van der Waals surface area contributed by atoms with Gasteiger partial charge in [0.2, 0.25) is 0 Å². The fraction of sp³-hybridized carbons (Fsp3) is 0. The quantitative estimate of drug-likeness (QED) is 0.726. The van der Waals surface area contributed by atoms with E-state index in [1.165, 1.54) is 0 Å². The summed E-state index contributed by atoms with van der Waals surface area (Å²) < 4.78 is 5.58. The minimum atomic E-state index is -0.300. The molecule has 0 bridgehead atoms. The molecule has 24 heavy (non-hydrogen) atoms. The predicted octanol–water partition coefficient (Wildman–Crippen LogP) is 4.05. The van der Waals surface area contributed by atoms with Gasteiger partial charge in [-0.1, -0.05) is 48.5 Å². The first-order valence-electron chi connectivity index (χ1n) is 7.47. The number of hydrogen-bond acceptors (Lipinski definition) is 3. The third kappa shape index (κ3) is 3.67. The van der Waals surface area contributed by atoms with E-state index in [-0.39, 0.29) is 11.8 Å². The van der Waals surface area contributed by atoms with Crippen LogP contribution in [-0.2, 0) is 0 Å². The Bertz CT molecular complexity index is 775. The monoisotopic (exact) mass is 317 g/mol. The second-order valence-corrected chi connectivity index (χ2v) is 5.06. The Kier molecular flexibility index (Phi) is 4.68. The minimum Gasteiger partial charge on any atom is -0.457 e. The molecule has 0 spiro atoms. The van der Waals surface area contributed by atoms with Gasteiger partial charge in [-0.05, 0) is 36.4 Å². The van der Waals surface area contributed by atoms with Crippen molar-refractivity contribution in [1.29, 1.82) is 0 Å². The zero-order valence-corrected chi connectivity index (χ0v) is 12.8. The third-order valence-electron chi connectivity index (χ3n) is 3.37. The summed E-state index contributed by atoms with van der Waals surface area (Å²) in [6.45, 7) is 0. The van der Waals surface area contributed by atoms with E-state index in [0.717, 1.165) is 11.5 Å². The molecule has 0 unspecified atom stereocenters. The molecule has 118 valence electrons. The summed E-state index contributed by atoms with van der Waals surface area (Å²) in [5, 5.41) is 2.20. The maximum atomic E-state index is 10.9. The Morgan fingerprint density at radius 1 is 0.542 bits per heavy atom. The van der Waals surface area contributed by atoms with Gasteiger partial charge >= 0.3 is 0 Å². The Morgan fingerprint density at radius 3 is 1.33 bits per heavy atom. The van der Waals surface area contributed by atoms with E-state index in [1.54, 1.807) is 24.3 Å². The lowest BCUT2D eigenvalue weighted by Gasteiger charge is -2.03. The maximum Gasteiger partial charge on any atom is 0.258 e. The zero-order chi connectivity index (χ0) is 16.8. The first kappa shape index (κ1) is 15.5. The topological polar surface area (TPSA) is 55.4 Å². The van der Waals surface area contributed by atoms with Crippen LogP contribution < -0.4 is 10.1 Å². The van der Waals surface area contributed by atoms with Gasteiger partial charge in [0.15, 0.2) is 0 Å². The molecule has 0 atom stereocenters. The zero-order valence-electron chi connectivity index (χ0n) is 12.8. The van der Waals surface area contributed by atoms with Gasteiger partial charge in [0.1, 0.15) is 11.5 Å². The molecule has 4 heteroatoms. The second kappa shape index (κ2) is 7.24. The Labute approximate surface area is 139 Å². The van der Waals surface area contributed by atoms with Crippen molar-refractivity contribution in [2.75, 3.05) is 0 Å². The average molecular weight is 317 g/mol. The van der Waals surface area contributed by atoms with Crippen molar-refractivity contribution in [2.24, 2.45) is 0 Å². The molecular weight excluding hydrogens is 302 g/mol. The van der Waals surface area contributed by atoms with E-state index in [9.17, 15) is 9.59 Å². The number of amides is 2. The third-order valence-corrected chi connectivity index (χ3v) is 3.37. The van der Waals surface area contributed by atoms with Crippen molar-refractivity contribution in [2.45, 2.75) is 0 Å². The highest BCUT2D eigenvalue weighted by atomic mass is 16.5. The van der Waals surface area contributed by atoms with E-state index in [0.29, 0.717) is 11.1 Å². The normalized spacial score (nSPS) is 11.8. The standard InChI is InChI=1S/C12H10O.C8H5NO2/c1-3-7-11(8-4-1)13-12-9-5-2-6-10-12;10-7-5-3-1-2-4-6(5)8(11)9-7/h1-10H;1-4H,(H,9,10,11). The molecule has 3 aromatic carbocycles. The lowest BCUT2D eigenvalue weighted by molar-refractivity contribution is 0.0879. The first-order valence-corrected chi connectivity index (χ1v) is 7.47. The van der Waals surface area contributed by atoms with Crippen molar-refractivity contribution < 1.29 is 14.3 Å². The smallest absolute Gasteiger partial charge is 0.258 e. The fourth-order valence-electron chi connectivity index (χ4n) is 2.23. The number of carbonyl (C=O) groups is 2. The molecule has 1 heterocycles. The molecule has 0 saturated heterocycles. The van der Waals surface area contributed by atoms with Gasteiger partial charge in [-0.15, -0.1) is 0 Å². The minimum absolute atomic E-state index is 0.300. The van der Waals surface area contributed by atoms with Crippen LogP contribution in [0.1, 0.15) is 20.7 Å². The molecule has 0 aromatic heterocycles. The van der Waals surface area contributed by atoms with Crippen LogP contribution in [0.15, 0.2) is 84.9 Å². The molecule has 2 amide bonds. The first-order chi connectivity index (χ1) is 11.7. The van der Waals surface area contributed by atoms with Gasteiger partial charge in [0, 0.05) is 0 Å². The van der Waals surface area contributed by atoms with Crippen molar-refractivity contribution >= 4 is 11.8 Å². The molecule has 1 aliphatic rings. The van der Waals surface area contributed by atoms with Crippen LogP contribution in [0, 0.1) is 0 Å². The Balaban J connectivity index is 0.000000143. The number of carbonyl (C=O) groups excluding carboxylic acids is 2. The van der Waals surface area contributed by atoms with E-state index in [1.807, 2.05) is 60.7 Å². The number of nitrogens with one attached hydrogen (secondary N) is 1. The largest absolute Gasteiger partial charge is 0.457 e. The van der Waals surface area contributed by atoms with E-state index in [2.05, 4.69) is 5.32 Å². The number of para-hydroxylation sites is 2. The lowest BCUT2D eigenvalue weighted by Crippen LogP contribution is -2.19. The number of benzene rings is 3. The van der Waals surface area contributed by atoms with Crippen LogP contribution in [0.25, 0.3) is 0 Å². The van der Waals surface area contributed by atoms with Gasteiger partial charge in [0.05, 0.1) is 11.1 Å². The summed E-state index contributed by atoms with van der Waals surface area (Å²) in [6, 6.07) is 26.3. The highest BCUT2D eigenvalue weighted by Gasteiger charge is 2.25. The van der Waals surface area contributed by atoms with Crippen molar-refractivity contribution in [1.82, 2.24) is 5.32 Å². The Morgan fingerprint density at radius 2 is 0.917 bits per heavy atom. The van der Waals surface area contributed by atoms with Gasteiger partial charge in [-0.25, -0.2) is 0 Å². The van der Waals surface area contributed by atoms with Gasteiger partial charge in [-0.2, -0.15) is 0 Å². The van der Waals surface area contributed by atoms with Crippen molar-refractivity contribution in [3.63, 3.8) is 0 Å². The molecular formula is C20H15NO3. The predicted molar refractivity (Wildman–Crippen MR) is 91.2 cm³/mol. The molecule has 0 fully saturated rings. The average Bonchev–Trinajstić information content (AvgIpc) is 2.92. The van der Waals surface area contributed by atoms with Crippen LogP contribution in [-0.4, -0.2) is 11.8 Å².